The summed E-state index contributed by atoms with van der Waals surface area (Å²) in [5.74, 6) is -0.671. The molecule has 0 unspecified atom stereocenters. The molecular formula is C22H43NO4. The fourth-order valence-electron chi connectivity index (χ4n) is 2.37. The van der Waals surface area contributed by atoms with E-state index in [0.29, 0.717) is 19.5 Å². The van der Waals surface area contributed by atoms with E-state index in [1.54, 1.807) is 0 Å². The van der Waals surface area contributed by atoms with Gasteiger partial charge in [0.15, 0.2) is 0 Å². The summed E-state index contributed by atoms with van der Waals surface area (Å²) in [7, 11) is 0. The molecule has 0 aromatic rings. The van der Waals surface area contributed by atoms with Crippen molar-refractivity contribution in [2.24, 2.45) is 0 Å². The second kappa shape index (κ2) is 27.1. The van der Waals surface area contributed by atoms with Gasteiger partial charge in [0.1, 0.15) is 0 Å². The summed E-state index contributed by atoms with van der Waals surface area (Å²) >= 11 is 0. The van der Waals surface area contributed by atoms with E-state index < -0.39 is 5.97 Å². The average molecular weight is 386 g/mol. The minimum atomic E-state index is -0.671. The Morgan fingerprint density at radius 1 is 0.778 bits per heavy atom. The maximum absolute atomic E-state index is 10.3. The van der Waals surface area contributed by atoms with Crippen LogP contribution in [0.2, 0.25) is 0 Å². The van der Waals surface area contributed by atoms with Gasteiger partial charge in [0.05, 0.1) is 13.2 Å². The van der Waals surface area contributed by atoms with Crippen LogP contribution in [-0.2, 0) is 4.79 Å². The lowest BCUT2D eigenvalue weighted by Gasteiger charge is -1.98. The lowest BCUT2D eigenvalue weighted by Crippen LogP contribution is -2.21. The number of nitrogens with one attached hydrogen (secondary N) is 1. The Balaban J connectivity index is 0. The van der Waals surface area contributed by atoms with E-state index >= 15 is 0 Å². The van der Waals surface area contributed by atoms with Crippen molar-refractivity contribution < 1.29 is 20.1 Å². The molecule has 27 heavy (non-hydrogen) atoms. The number of aliphatic hydroxyl groups is 2. The minimum absolute atomic E-state index is 0.139. The van der Waals surface area contributed by atoms with E-state index in [1.807, 2.05) is 0 Å². The number of carbonyl (C=O) groups is 1. The van der Waals surface area contributed by atoms with Gasteiger partial charge < -0.3 is 20.6 Å². The minimum Gasteiger partial charge on any atom is -0.481 e. The molecule has 4 N–H and O–H groups in total. The lowest BCUT2D eigenvalue weighted by molar-refractivity contribution is -0.137. The number of rotatable bonds is 18. The molecule has 5 nitrogen and oxygen atoms in total. The second-order valence-electron chi connectivity index (χ2n) is 6.57. The molecule has 0 spiro atoms. The zero-order valence-corrected chi connectivity index (χ0v) is 17.4. The van der Waals surface area contributed by atoms with Crippen molar-refractivity contribution in [1.29, 1.82) is 0 Å². The van der Waals surface area contributed by atoms with Gasteiger partial charge in [-0.25, -0.2) is 0 Å². The van der Waals surface area contributed by atoms with Crippen molar-refractivity contribution >= 4 is 5.97 Å². The van der Waals surface area contributed by atoms with Crippen LogP contribution in [0.15, 0.2) is 24.3 Å². The smallest absolute Gasteiger partial charge is 0.303 e. The molecule has 0 rings (SSSR count). The normalized spacial score (nSPS) is 11.1. The molecule has 0 radical (unpaired) electrons. The van der Waals surface area contributed by atoms with Gasteiger partial charge in [-0.05, 0) is 38.5 Å². The van der Waals surface area contributed by atoms with Crippen molar-refractivity contribution in [2.75, 3.05) is 26.3 Å². The number of unbranched alkanes of at least 4 members (excludes halogenated alkanes) is 8. The number of aliphatic hydroxyl groups excluding tert-OH is 2. The maximum Gasteiger partial charge on any atom is 0.303 e. The Kier molecular flexibility index (Phi) is 28.1. The largest absolute Gasteiger partial charge is 0.481 e. The summed E-state index contributed by atoms with van der Waals surface area (Å²) in [5, 5.41) is 27.6. The van der Waals surface area contributed by atoms with E-state index in [9.17, 15) is 4.79 Å². The predicted molar refractivity (Wildman–Crippen MR) is 114 cm³/mol. The molecule has 0 aliphatic heterocycles. The van der Waals surface area contributed by atoms with Crippen molar-refractivity contribution in [3.8, 4) is 0 Å². The first-order valence-electron chi connectivity index (χ1n) is 10.6. The van der Waals surface area contributed by atoms with Crippen molar-refractivity contribution in [3.05, 3.63) is 24.3 Å². The Labute approximate surface area is 166 Å². The number of aliphatic carboxylic acids is 1. The first kappa shape index (κ1) is 28.0. The maximum atomic E-state index is 10.3. The van der Waals surface area contributed by atoms with Crippen LogP contribution in [0.5, 0.6) is 0 Å². The first-order valence-corrected chi connectivity index (χ1v) is 10.6. The molecule has 0 amide bonds. The van der Waals surface area contributed by atoms with E-state index in [2.05, 4.69) is 36.5 Å². The highest BCUT2D eigenvalue weighted by Gasteiger charge is 1.95. The molecule has 0 heterocycles. The Morgan fingerprint density at radius 3 is 1.81 bits per heavy atom. The van der Waals surface area contributed by atoms with E-state index in [-0.39, 0.29) is 13.2 Å². The number of carboxylic acid groups (broad SMARTS) is 1. The third-order valence-corrected chi connectivity index (χ3v) is 3.92. The topological polar surface area (TPSA) is 89.8 Å². The van der Waals surface area contributed by atoms with Gasteiger partial charge in [0.25, 0.3) is 0 Å². The molecule has 0 atom stereocenters. The third-order valence-electron chi connectivity index (χ3n) is 3.92. The van der Waals surface area contributed by atoms with Crippen LogP contribution in [0.3, 0.4) is 0 Å². The van der Waals surface area contributed by atoms with Crippen LogP contribution in [0, 0.1) is 0 Å². The van der Waals surface area contributed by atoms with Crippen molar-refractivity contribution in [2.45, 2.75) is 84.0 Å². The lowest BCUT2D eigenvalue weighted by atomic mass is 10.1. The number of allylic oxidation sites excluding steroid dienone is 4. The predicted octanol–water partition coefficient (Wildman–Crippen LogP) is 4.45. The molecule has 5 heteroatoms. The van der Waals surface area contributed by atoms with E-state index in [0.717, 1.165) is 25.7 Å². The highest BCUT2D eigenvalue weighted by molar-refractivity contribution is 5.66. The molecule has 0 aromatic heterocycles. The van der Waals surface area contributed by atoms with Crippen molar-refractivity contribution in [3.63, 3.8) is 0 Å². The summed E-state index contributed by atoms with van der Waals surface area (Å²) in [6.45, 7) is 3.65. The Hall–Kier alpha value is -1.17. The second-order valence-corrected chi connectivity index (χ2v) is 6.57. The van der Waals surface area contributed by atoms with E-state index in [1.165, 1.54) is 44.9 Å². The number of carboxylic acids is 1. The molecular weight excluding hydrogens is 342 g/mol. The first-order chi connectivity index (χ1) is 13.2. The van der Waals surface area contributed by atoms with Crippen LogP contribution in [0.4, 0.5) is 0 Å². The van der Waals surface area contributed by atoms with Gasteiger partial charge in [0.2, 0.25) is 0 Å². The molecule has 160 valence electrons. The molecule has 0 fully saturated rings. The molecule has 0 aromatic carbocycles. The average Bonchev–Trinajstić information content (AvgIpc) is 2.65. The highest BCUT2D eigenvalue weighted by atomic mass is 16.4. The van der Waals surface area contributed by atoms with Gasteiger partial charge in [-0.3, -0.25) is 4.79 Å². The molecule has 0 bridgehead atoms. The van der Waals surface area contributed by atoms with Crippen LogP contribution < -0.4 is 5.32 Å². The zero-order valence-electron chi connectivity index (χ0n) is 17.4. The molecule has 0 saturated heterocycles. The van der Waals surface area contributed by atoms with Crippen LogP contribution in [0.1, 0.15) is 84.0 Å². The molecule has 0 aliphatic rings. The van der Waals surface area contributed by atoms with Crippen LogP contribution >= 0.6 is 0 Å². The monoisotopic (exact) mass is 385 g/mol. The molecule has 0 aliphatic carbocycles. The quantitative estimate of drug-likeness (QED) is 0.207. The summed E-state index contributed by atoms with van der Waals surface area (Å²) in [5.41, 5.74) is 0. The number of hydrogen-bond donors (Lipinski definition) is 4. The van der Waals surface area contributed by atoms with Gasteiger partial charge >= 0.3 is 5.97 Å². The summed E-state index contributed by atoms with van der Waals surface area (Å²) in [4.78, 5) is 10.3. The van der Waals surface area contributed by atoms with Gasteiger partial charge in [-0.1, -0.05) is 63.3 Å². The summed E-state index contributed by atoms with van der Waals surface area (Å²) in [6.07, 6.45) is 22.3. The zero-order chi connectivity index (χ0) is 20.4. The SMILES string of the molecule is CCCCC/C=C\C/C=C\CCCCCCCC(=O)O.OCCNCCO. The van der Waals surface area contributed by atoms with Crippen LogP contribution in [-0.4, -0.2) is 47.6 Å². The van der Waals surface area contributed by atoms with Gasteiger partial charge in [0, 0.05) is 19.5 Å². The highest BCUT2D eigenvalue weighted by Crippen LogP contribution is 2.08. The van der Waals surface area contributed by atoms with Gasteiger partial charge in [-0.2, -0.15) is 0 Å². The summed E-state index contributed by atoms with van der Waals surface area (Å²) < 4.78 is 0. The molecule has 0 saturated carbocycles. The Morgan fingerprint density at radius 2 is 1.30 bits per heavy atom. The van der Waals surface area contributed by atoms with Crippen molar-refractivity contribution in [1.82, 2.24) is 5.32 Å². The summed E-state index contributed by atoms with van der Waals surface area (Å²) in [6, 6.07) is 0. The standard InChI is InChI=1S/C18H32O2.C4H11NO2/c1-2-3-4-5-6-7-8-9-10-11-12-13-14-15-16-17-18(19)20;6-3-1-5-2-4-7/h6-7,9-10H,2-5,8,11-17H2,1H3,(H,19,20);5-7H,1-4H2/b7-6-,10-9-;. The number of hydrogen-bond acceptors (Lipinski definition) is 4. The Bertz CT molecular complexity index is 339. The van der Waals surface area contributed by atoms with Gasteiger partial charge in [-0.15, -0.1) is 0 Å². The fourth-order valence-corrected chi connectivity index (χ4v) is 2.37. The fraction of sp³-hybridized carbons (Fsp3) is 0.773. The third kappa shape index (κ3) is 32.9. The van der Waals surface area contributed by atoms with Crippen LogP contribution in [0.25, 0.3) is 0 Å². The van der Waals surface area contributed by atoms with E-state index in [4.69, 9.17) is 15.3 Å².